The minimum absolute atomic E-state index is 0.00217. The zero-order chi connectivity index (χ0) is 58.1. The molecule has 0 aliphatic rings. The molecule has 7 aromatic rings. The molecule has 4 aromatic carbocycles. The average Bonchev–Trinajstić information content (AvgIpc) is 3.62. The van der Waals surface area contributed by atoms with Crippen molar-refractivity contribution in [3.63, 3.8) is 0 Å². The Morgan fingerprint density at radius 2 is 0.695 bits per heavy atom. The topological polar surface area (TPSA) is 271 Å². The Bertz CT molecular complexity index is 3080. The summed E-state index contributed by atoms with van der Waals surface area (Å²) >= 11 is 0. The fourth-order valence-electron chi connectivity index (χ4n) is 9.46. The van der Waals surface area contributed by atoms with Crippen LogP contribution in [0.3, 0.4) is 0 Å². The summed E-state index contributed by atoms with van der Waals surface area (Å²) in [6.07, 6.45) is 5.73. The molecular formula is C62H69N7O13. The van der Waals surface area contributed by atoms with Crippen molar-refractivity contribution in [2.24, 2.45) is 0 Å². The van der Waals surface area contributed by atoms with Gasteiger partial charge in [-0.1, -0.05) is 109 Å². The zero-order valence-corrected chi connectivity index (χ0v) is 45.5. The van der Waals surface area contributed by atoms with Gasteiger partial charge in [0.25, 0.3) is 23.6 Å². The van der Waals surface area contributed by atoms with Crippen molar-refractivity contribution < 1.29 is 48.7 Å². The highest BCUT2D eigenvalue weighted by Gasteiger charge is 2.32. The molecule has 3 aromatic heterocycles. The van der Waals surface area contributed by atoms with Crippen LogP contribution in [0, 0.1) is 0 Å². The van der Waals surface area contributed by atoms with Crippen LogP contribution in [0.5, 0.6) is 17.2 Å². The van der Waals surface area contributed by atoms with Crippen LogP contribution in [0.15, 0.2) is 173 Å². The number of nitrogens with one attached hydrogen (secondary N) is 4. The van der Waals surface area contributed by atoms with Gasteiger partial charge in [-0.2, -0.15) is 0 Å². The number of ether oxygens (including phenoxy) is 3. The minimum Gasteiger partial charge on any atom is -0.483 e. The molecule has 0 unspecified atom stereocenters. The lowest BCUT2D eigenvalue weighted by Crippen LogP contribution is -2.50. The molecule has 0 bridgehead atoms. The summed E-state index contributed by atoms with van der Waals surface area (Å²) in [5.41, 5.74) is -0.284. The summed E-state index contributed by atoms with van der Waals surface area (Å²) < 4.78 is 22.3. The van der Waals surface area contributed by atoms with E-state index in [0.29, 0.717) is 5.56 Å². The maximum absolute atomic E-state index is 14.3. The Morgan fingerprint density at radius 3 is 0.988 bits per heavy atom. The van der Waals surface area contributed by atoms with Crippen molar-refractivity contribution >= 4 is 23.6 Å². The fourth-order valence-corrected chi connectivity index (χ4v) is 9.46. The number of hydrogen-bond donors (Lipinski definition) is 7. The maximum atomic E-state index is 14.3. The fraction of sp³-hybridized carbons (Fsp3) is 0.306. The molecule has 0 atom stereocenters. The highest BCUT2D eigenvalue weighted by molar-refractivity contribution is 5.97. The number of hydrogen-bond acceptors (Lipinski definition) is 13. The van der Waals surface area contributed by atoms with Gasteiger partial charge in [-0.15, -0.1) is 0 Å². The molecule has 0 saturated heterocycles. The molecule has 0 aliphatic carbocycles. The third-order valence-electron chi connectivity index (χ3n) is 13.5. The maximum Gasteiger partial charge on any atom is 0.271 e. The third kappa shape index (κ3) is 17.0. The second-order valence-electron chi connectivity index (χ2n) is 19.3. The van der Waals surface area contributed by atoms with Gasteiger partial charge in [-0.05, 0) is 67.3 Å². The normalized spacial score (nSPS) is 11.1. The van der Waals surface area contributed by atoms with E-state index in [1.54, 1.807) is 30.3 Å². The predicted octanol–water partition coefficient (Wildman–Crippen LogP) is 4.98. The van der Waals surface area contributed by atoms with Gasteiger partial charge >= 0.3 is 0 Å². The average molecular weight is 1120 g/mol. The van der Waals surface area contributed by atoms with Gasteiger partial charge in [-0.25, -0.2) is 0 Å². The van der Waals surface area contributed by atoms with Gasteiger partial charge in [0.15, 0.2) is 34.3 Å². The van der Waals surface area contributed by atoms with Gasteiger partial charge in [0.05, 0.1) is 19.8 Å². The largest absolute Gasteiger partial charge is 0.483 e. The summed E-state index contributed by atoms with van der Waals surface area (Å²) in [6, 6.07) is 39.7. The van der Waals surface area contributed by atoms with Crippen LogP contribution in [0.1, 0.15) is 97.0 Å². The molecular weight excluding hydrogens is 1050 g/mol. The van der Waals surface area contributed by atoms with Crippen LogP contribution >= 0.6 is 0 Å². The highest BCUT2D eigenvalue weighted by atomic mass is 16.5. The van der Waals surface area contributed by atoms with Crippen molar-refractivity contribution in [1.82, 2.24) is 35.0 Å². The number of carbonyl (C=O) groups excluding carboxylic acids is 4. The predicted molar refractivity (Wildman–Crippen MR) is 307 cm³/mol. The van der Waals surface area contributed by atoms with E-state index < -0.39 is 45.5 Å². The third-order valence-corrected chi connectivity index (χ3v) is 13.5. The SMILES string of the molecule is O=C(NC(CCCNC(=O)c1c(OCc2ccccc2)c(=O)ccn1CCO)(CCCNC(=O)c1c(OCc2ccccc2)c(=O)ccn1CCO)CCCNC(=O)c1c(OCc2ccccc2)c(=O)ccn1CCO)c1ccccc1. The standard InChI is InChI=1S/C62H69N7O13/c70-39-36-67-33-24-49(73)55(80-42-45-16-5-1-6-17-45)52(67)59(77)63-30-13-27-62(66-58(76)48-22-11-4-12-23-48,28-14-31-64-60(78)53-56(50(74)25-34-68(53)37-40-71)81-43-46-18-7-2-8-19-46)29-15-32-65-61(79)54-57(51(75)26-35-69(54)38-41-72)82-44-47-20-9-3-10-21-47/h1-12,16-26,33-35,70-72H,13-15,27-32,36-44H2,(H,63,77)(H,64,78)(H,65,79)(H,66,76). The first kappa shape index (κ1) is 60.5. The quantitative estimate of drug-likeness (QED) is 0.0275. The molecule has 0 spiro atoms. The lowest BCUT2D eigenvalue weighted by atomic mass is 9.83. The molecule has 0 aliphatic heterocycles. The van der Waals surface area contributed by atoms with Gasteiger partial charge in [0, 0.05) is 87.2 Å². The highest BCUT2D eigenvalue weighted by Crippen LogP contribution is 2.28. The Hall–Kier alpha value is -9.11. The van der Waals surface area contributed by atoms with Gasteiger partial charge in [0.2, 0.25) is 16.3 Å². The molecule has 3 heterocycles. The summed E-state index contributed by atoms with van der Waals surface area (Å²) in [7, 11) is 0. The van der Waals surface area contributed by atoms with Gasteiger partial charge < -0.3 is 64.5 Å². The summed E-state index contributed by atoms with van der Waals surface area (Å²) in [5, 5.41) is 41.8. The first-order valence-corrected chi connectivity index (χ1v) is 27.2. The number of pyridine rings is 3. The smallest absolute Gasteiger partial charge is 0.271 e. The van der Waals surface area contributed by atoms with E-state index in [0.717, 1.165) is 16.7 Å². The van der Waals surface area contributed by atoms with E-state index in [9.17, 15) is 48.9 Å². The Kier molecular flexibility index (Phi) is 22.9. The van der Waals surface area contributed by atoms with Crippen LogP contribution in [-0.2, 0) is 39.5 Å². The number of aliphatic hydroxyl groups is 3. The number of nitrogens with zero attached hydrogens (tertiary/aromatic N) is 3. The summed E-state index contributed by atoms with van der Waals surface area (Å²) in [4.78, 5) is 96.7. The number of carbonyl (C=O) groups is 4. The van der Waals surface area contributed by atoms with Gasteiger partial charge in [-0.3, -0.25) is 33.6 Å². The van der Waals surface area contributed by atoms with Crippen molar-refractivity contribution in [2.75, 3.05) is 39.5 Å². The number of benzene rings is 4. The van der Waals surface area contributed by atoms with Crippen molar-refractivity contribution in [2.45, 2.75) is 83.5 Å². The van der Waals surface area contributed by atoms with Crippen LogP contribution in [-0.4, -0.2) is 97.6 Å². The molecule has 20 heteroatoms. The monoisotopic (exact) mass is 1120 g/mol. The number of aliphatic hydroxyl groups excluding tert-OH is 3. The molecule has 7 N–H and O–H groups in total. The van der Waals surface area contributed by atoms with E-state index in [2.05, 4.69) is 21.3 Å². The van der Waals surface area contributed by atoms with E-state index in [4.69, 9.17) is 14.2 Å². The van der Waals surface area contributed by atoms with Crippen LogP contribution in [0.2, 0.25) is 0 Å². The van der Waals surface area contributed by atoms with E-state index in [1.165, 1.54) is 50.5 Å². The minimum atomic E-state index is -1.09. The van der Waals surface area contributed by atoms with E-state index >= 15 is 0 Å². The molecule has 0 saturated carbocycles. The van der Waals surface area contributed by atoms with Crippen molar-refractivity contribution in [3.05, 3.63) is 228 Å². The zero-order valence-electron chi connectivity index (χ0n) is 45.5. The number of aromatic nitrogens is 3. The number of amides is 4. The molecule has 82 heavy (non-hydrogen) atoms. The van der Waals surface area contributed by atoms with Crippen LogP contribution < -0.4 is 51.8 Å². The first-order chi connectivity index (χ1) is 39.9. The Morgan fingerprint density at radius 1 is 0.402 bits per heavy atom. The van der Waals surface area contributed by atoms with E-state index in [1.807, 2.05) is 91.0 Å². The van der Waals surface area contributed by atoms with Crippen LogP contribution in [0.25, 0.3) is 0 Å². The number of rotatable bonds is 32. The lowest BCUT2D eigenvalue weighted by Gasteiger charge is -2.36. The molecule has 7 rings (SSSR count). The molecule has 0 radical (unpaired) electrons. The van der Waals surface area contributed by atoms with Gasteiger partial charge in [0.1, 0.15) is 19.8 Å². The molecule has 430 valence electrons. The van der Waals surface area contributed by atoms with Crippen molar-refractivity contribution in [3.8, 4) is 17.2 Å². The second-order valence-corrected chi connectivity index (χ2v) is 19.3. The van der Waals surface area contributed by atoms with Crippen LogP contribution in [0.4, 0.5) is 0 Å². The Balaban J connectivity index is 1.14. The molecule has 4 amide bonds. The van der Waals surface area contributed by atoms with Crippen molar-refractivity contribution in [1.29, 1.82) is 0 Å². The van der Waals surface area contributed by atoms with E-state index in [-0.39, 0.29) is 152 Å². The summed E-state index contributed by atoms with van der Waals surface area (Å²) in [6.45, 7) is -0.913. The molecule has 20 nitrogen and oxygen atoms in total. The summed E-state index contributed by atoms with van der Waals surface area (Å²) in [5.74, 6) is -2.91. The second kappa shape index (κ2) is 31.0. The Labute approximate surface area is 474 Å². The molecule has 0 fully saturated rings. The first-order valence-electron chi connectivity index (χ1n) is 27.2. The lowest BCUT2D eigenvalue weighted by molar-refractivity contribution is 0.0855.